The summed E-state index contributed by atoms with van der Waals surface area (Å²) in [6, 6.07) is 24.8. The number of rotatable bonds is 8. The van der Waals surface area contributed by atoms with Crippen LogP contribution in [0, 0.1) is 0 Å². The van der Waals surface area contributed by atoms with Crippen LogP contribution in [-0.2, 0) is 11.2 Å². The van der Waals surface area contributed by atoms with E-state index in [0.29, 0.717) is 12.0 Å². The molecule has 1 aliphatic heterocycles. The van der Waals surface area contributed by atoms with E-state index in [4.69, 9.17) is 0 Å². The molecular weight excluding hydrogens is 504 g/mol. The number of hydrogen-bond donors (Lipinski definition) is 1. The van der Waals surface area contributed by atoms with Crippen molar-refractivity contribution in [1.82, 2.24) is 5.32 Å². The van der Waals surface area contributed by atoms with Gasteiger partial charge < -0.3 is 4.90 Å². The van der Waals surface area contributed by atoms with Gasteiger partial charge in [0.25, 0.3) is 5.91 Å². The standard InChI is InChI=1S/C37H36N2O2/c1-7-25-21-26-13-9-10-18-33(26)39(32(25)8-2)34-20-19-30(35-27(23(3)4)14-11-15-28(35)24(5)6)36-29(34)16-12-17-31(36)37(41)38-22-40/h7-20,22-24H,1-2,21H2,3-6H3,(H,38,40,41). The van der Waals surface area contributed by atoms with Crippen molar-refractivity contribution in [2.24, 2.45) is 0 Å². The van der Waals surface area contributed by atoms with Crippen LogP contribution in [0.3, 0.4) is 0 Å². The van der Waals surface area contributed by atoms with E-state index in [2.05, 4.69) is 106 Å². The number of imide groups is 1. The summed E-state index contributed by atoms with van der Waals surface area (Å²) in [4.78, 5) is 27.0. The number of carbonyl (C=O) groups is 2. The predicted octanol–water partition coefficient (Wildman–Crippen LogP) is 8.96. The first-order valence-corrected chi connectivity index (χ1v) is 14.1. The highest BCUT2D eigenvalue weighted by atomic mass is 16.2. The number of anilines is 2. The lowest BCUT2D eigenvalue weighted by Crippen LogP contribution is -2.24. The molecule has 4 aromatic carbocycles. The number of nitrogens with zero attached hydrogens (tertiary/aromatic N) is 1. The third-order valence-electron chi connectivity index (χ3n) is 7.96. The third kappa shape index (κ3) is 4.80. The molecule has 4 aromatic rings. The summed E-state index contributed by atoms with van der Waals surface area (Å²) in [7, 11) is 0. The molecule has 0 saturated heterocycles. The van der Waals surface area contributed by atoms with Gasteiger partial charge in [-0.1, -0.05) is 102 Å². The Morgan fingerprint density at radius 1 is 0.829 bits per heavy atom. The third-order valence-corrected chi connectivity index (χ3v) is 7.96. The molecule has 0 aromatic heterocycles. The maximum atomic E-state index is 13.4. The highest BCUT2D eigenvalue weighted by Gasteiger charge is 2.28. The van der Waals surface area contributed by atoms with Crippen LogP contribution in [0.1, 0.15) is 66.6 Å². The number of fused-ring (bicyclic) bond motifs is 2. The summed E-state index contributed by atoms with van der Waals surface area (Å²) in [5.74, 6) is 0.116. The van der Waals surface area contributed by atoms with Gasteiger partial charge in [-0.25, -0.2) is 0 Å². The summed E-state index contributed by atoms with van der Waals surface area (Å²) in [5.41, 5.74) is 10.2. The first-order chi connectivity index (χ1) is 19.8. The van der Waals surface area contributed by atoms with Crippen LogP contribution in [0.2, 0.25) is 0 Å². The molecule has 0 fully saturated rings. The molecule has 0 unspecified atom stereocenters. The zero-order valence-electron chi connectivity index (χ0n) is 24.2. The largest absolute Gasteiger partial charge is 0.309 e. The van der Waals surface area contributed by atoms with Gasteiger partial charge in [0, 0.05) is 34.1 Å². The first kappa shape index (κ1) is 27.9. The molecule has 0 radical (unpaired) electrons. The number of hydrogen-bond acceptors (Lipinski definition) is 3. The lowest BCUT2D eigenvalue weighted by Gasteiger charge is -2.35. The molecule has 41 heavy (non-hydrogen) atoms. The van der Waals surface area contributed by atoms with Gasteiger partial charge >= 0.3 is 0 Å². The molecule has 0 bridgehead atoms. The summed E-state index contributed by atoms with van der Waals surface area (Å²) >= 11 is 0. The van der Waals surface area contributed by atoms with Gasteiger partial charge in [0.2, 0.25) is 6.41 Å². The second-order valence-corrected chi connectivity index (χ2v) is 11.0. The molecular formula is C37H36N2O2. The van der Waals surface area contributed by atoms with E-state index in [1.54, 1.807) is 6.07 Å². The Kier molecular flexibility index (Phi) is 7.76. The van der Waals surface area contributed by atoms with Crippen LogP contribution in [0.15, 0.2) is 109 Å². The zero-order chi connectivity index (χ0) is 29.3. The predicted molar refractivity (Wildman–Crippen MR) is 171 cm³/mol. The van der Waals surface area contributed by atoms with Crippen LogP contribution < -0.4 is 10.2 Å². The van der Waals surface area contributed by atoms with Crippen molar-refractivity contribution in [1.29, 1.82) is 0 Å². The minimum Gasteiger partial charge on any atom is -0.309 e. The molecule has 0 spiro atoms. The van der Waals surface area contributed by atoms with Crippen LogP contribution in [0.5, 0.6) is 0 Å². The van der Waals surface area contributed by atoms with Gasteiger partial charge in [0.05, 0.1) is 5.69 Å². The highest BCUT2D eigenvalue weighted by molar-refractivity contribution is 6.18. The van der Waals surface area contributed by atoms with Crippen LogP contribution >= 0.6 is 0 Å². The summed E-state index contributed by atoms with van der Waals surface area (Å²) < 4.78 is 0. The van der Waals surface area contributed by atoms with E-state index in [9.17, 15) is 9.59 Å². The summed E-state index contributed by atoms with van der Waals surface area (Å²) in [5, 5.41) is 4.11. The van der Waals surface area contributed by atoms with Crippen molar-refractivity contribution in [3.63, 3.8) is 0 Å². The maximum absolute atomic E-state index is 13.4. The van der Waals surface area contributed by atoms with E-state index in [0.717, 1.165) is 51.0 Å². The van der Waals surface area contributed by atoms with Gasteiger partial charge in [-0.05, 0) is 69.5 Å². The highest BCUT2D eigenvalue weighted by Crippen LogP contribution is 2.47. The first-order valence-electron chi connectivity index (χ1n) is 14.1. The molecule has 1 N–H and O–H groups in total. The van der Waals surface area contributed by atoms with Crippen LogP contribution in [0.25, 0.3) is 21.9 Å². The molecule has 206 valence electrons. The fourth-order valence-electron chi connectivity index (χ4n) is 6.08. The van der Waals surface area contributed by atoms with Gasteiger partial charge in [-0.15, -0.1) is 0 Å². The van der Waals surface area contributed by atoms with Gasteiger partial charge in [-0.3, -0.25) is 14.9 Å². The second kappa shape index (κ2) is 11.4. The molecule has 4 nitrogen and oxygen atoms in total. The minimum absolute atomic E-state index is 0.272. The quantitative estimate of drug-likeness (QED) is 0.227. The zero-order valence-corrected chi connectivity index (χ0v) is 24.2. The molecule has 0 saturated carbocycles. The monoisotopic (exact) mass is 540 g/mol. The fourth-order valence-corrected chi connectivity index (χ4v) is 6.08. The molecule has 2 amide bonds. The van der Waals surface area contributed by atoms with Crippen molar-refractivity contribution < 1.29 is 9.59 Å². The minimum atomic E-state index is -0.428. The van der Waals surface area contributed by atoms with Gasteiger partial charge in [-0.2, -0.15) is 0 Å². The van der Waals surface area contributed by atoms with E-state index in [1.807, 2.05) is 24.3 Å². The number of benzene rings is 4. The lowest BCUT2D eigenvalue weighted by atomic mass is 9.82. The average molecular weight is 541 g/mol. The van der Waals surface area contributed by atoms with E-state index >= 15 is 0 Å². The Balaban J connectivity index is 1.94. The number of para-hydroxylation sites is 1. The van der Waals surface area contributed by atoms with Crippen molar-refractivity contribution >= 4 is 34.5 Å². The van der Waals surface area contributed by atoms with Crippen molar-refractivity contribution in [2.45, 2.75) is 46.0 Å². The van der Waals surface area contributed by atoms with Gasteiger partial charge in [0.1, 0.15) is 0 Å². The summed E-state index contributed by atoms with van der Waals surface area (Å²) in [6.07, 6.45) is 4.98. The van der Waals surface area contributed by atoms with Crippen molar-refractivity contribution in [3.05, 3.63) is 132 Å². The topological polar surface area (TPSA) is 49.4 Å². The normalized spacial score (nSPS) is 13.0. The number of amides is 2. The number of allylic oxidation sites excluding steroid dienone is 3. The van der Waals surface area contributed by atoms with Crippen molar-refractivity contribution in [2.75, 3.05) is 4.90 Å². The Labute approximate surface area is 242 Å². The second-order valence-electron chi connectivity index (χ2n) is 11.0. The molecule has 5 rings (SSSR count). The van der Waals surface area contributed by atoms with Gasteiger partial charge in [0.15, 0.2) is 0 Å². The average Bonchev–Trinajstić information content (AvgIpc) is 2.98. The number of nitrogens with one attached hydrogen (secondary N) is 1. The SMILES string of the molecule is C=CC1=C(C=C)N(c2ccc(-c3c(C(C)C)cccc3C(C)C)c3c(C(=O)NC=O)cccc23)c2ccccc2C1. The molecule has 1 aliphatic rings. The van der Waals surface area contributed by atoms with E-state index < -0.39 is 5.91 Å². The van der Waals surface area contributed by atoms with Crippen molar-refractivity contribution in [3.8, 4) is 11.1 Å². The fraction of sp³-hybridized carbons (Fsp3) is 0.189. The smallest absolute Gasteiger partial charge is 0.258 e. The Hall–Kier alpha value is -4.70. The van der Waals surface area contributed by atoms with E-state index in [1.165, 1.54) is 16.7 Å². The molecule has 4 heteroatoms. The Bertz CT molecular complexity index is 1700. The number of carbonyl (C=O) groups excluding carboxylic acids is 2. The van der Waals surface area contributed by atoms with E-state index in [-0.39, 0.29) is 11.8 Å². The lowest BCUT2D eigenvalue weighted by molar-refractivity contribution is -0.108. The van der Waals surface area contributed by atoms with Crippen LogP contribution in [0.4, 0.5) is 11.4 Å². The molecule has 1 heterocycles. The molecule has 0 atom stereocenters. The van der Waals surface area contributed by atoms with Crippen LogP contribution in [-0.4, -0.2) is 12.3 Å². The summed E-state index contributed by atoms with van der Waals surface area (Å²) in [6.45, 7) is 17.0. The maximum Gasteiger partial charge on any atom is 0.258 e. The Morgan fingerprint density at radius 2 is 1.51 bits per heavy atom. The molecule has 0 aliphatic carbocycles. The Morgan fingerprint density at radius 3 is 2.15 bits per heavy atom.